The number of benzene rings is 3. The van der Waals surface area contributed by atoms with Gasteiger partial charge in [0.15, 0.2) is 6.61 Å². The van der Waals surface area contributed by atoms with Crippen LogP contribution in [0, 0.1) is 0 Å². The maximum atomic E-state index is 13.3. The van der Waals surface area contributed by atoms with Gasteiger partial charge in [-0.15, -0.1) is 0 Å². The largest absolute Gasteiger partial charge is 0.497 e. The molecule has 0 spiro atoms. The summed E-state index contributed by atoms with van der Waals surface area (Å²) in [6.07, 6.45) is 1.95. The van der Waals surface area contributed by atoms with Gasteiger partial charge in [0.2, 0.25) is 5.56 Å². The molecule has 1 aliphatic heterocycles. The summed E-state index contributed by atoms with van der Waals surface area (Å²) in [4.78, 5) is 40.8. The SMILES string of the molecule is COc1ccc([C@H]2C=C(c3ccccc3)NN2C(=O)COC(=O)c2cc(=O)[nH]c3ccccc23)cc1. The van der Waals surface area contributed by atoms with Crippen molar-refractivity contribution in [1.29, 1.82) is 0 Å². The Kier molecular flexibility index (Phi) is 6.23. The second kappa shape index (κ2) is 9.79. The number of para-hydroxylation sites is 1. The first kappa shape index (κ1) is 22.9. The van der Waals surface area contributed by atoms with Crippen LogP contribution in [0.15, 0.2) is 95.8 Å². The van der Waals surface area contributed by atoms with E-state index in [1.165, 1.54) is 11.1 Å². The minimum Gasteiger partial charge on any atom is -0.497 e. The lowest BCUT2D eigenvalue weighted by molar-refractivity contribution is -0.137. The first-order valence-electron chi connectivity index (χ1n) is 11.3. The number of rotatable bonds is 6. The predicted molar refractivity (Wildman–Crippen MR) is 135 cm³/mol. The first-order chi connectivity index (χ1) is 17.5. The molecule has 8 nitrogen and oxygen atoms in total. The van der Waals surface area contributed by atoms with Crippen molar-refractivity contribution in [2.45, 2.75) is 6.04 Å². The molecule has 2 N–H and O–H groups in total. The number of fused-ring (bicyclic) bond motifs is 1. The number of methoxy groups -OCH3 is 1. The molecule has 8 heteroatoms. The molecule has 0 radical (unpaired) electrons. The number of H-pyrrole nitrogens is 1. The number of pyridine rings is 1. The molecule has 0 bridgehead atoms. The molecule has 1 amide bonds. The Morgan fingerprint density at radius 3 is 2.42 bits per heavy atom. The summed E-state index contributed by atoms with van der Waals surface area (Å²) < 4.78 is 10.6. The molecule has 0 saturated heterocycles. The Morgan fingerprint density at radius 1 is 0.944 bits per heavy atom. The Hall–Kier alpha value is -4.85. The highest BCUT2D eigenvalue weighted by Crippen LogP contribution is 2.32. The summed E-state index contributed by atoms with van der Waals surface area (Å²) in [5.41, 5.74) is 5.88. The van der Waals surface area contributed by atoms with Crippen molar-refractivity contribution in [2.75, 3.05) is 13.7 Å². The Labute approximate surface area is 206 Å². The van der Waals surface area contributed by atoms with Crippen LogP contribution >= 0.6 is 0 Å². The van der Waals surface area contributed by atoms with E-state index >= 15 is 0 Å². The summed E-state index contributed by atoms with van der Waals surface area (Å²) in [6.45, 7) is -0.504. The van der Waals surface area contributed by atoms with E-state index in [4.69, 9.17) is 9.47 Å². The van der Waals surface area contributed by atoms with Gasteiger partial charge in [0.25, 0.3) is 5.91 Å². The molecule has 0 saturated carbocycles. The van der Waals surface area contributed by atoms with Crippen molar-refractivity contribution in [3.8, 4) is 5.75 Å². The van der Waals surface area contributed by atoms with Gasteiger partial charge in [-0.25, -0.2) is 9.80 Å². The molecule has 36 heavy (non-hydrogen) atoms. The van der Waals surface area contributed by atoms with Gasteiger partial charge in [0.1, 0.15) is 5.75 Å². The van der Waals surface area contributed by atoms with Crippen LogP contribution in [0.1, 0.15) is 27.5 Å². The average Bonchev–Trinajstić information content (AvgIpc) is 3.37. The van der Waals surface area contributed by atoms with Crippen molar-refractivity contribution in [2.24, 2.45) is 0 Å². The monoisotopic (exact) mass is 481 g/mol. The lowest BCUT2D eigenvalue weighted by Gasteiger charge is -2.25. The van der Waals surface area contributed by atoms with Gasteiger partial charge in [-0.3, -0.25) is 15.0 Å². The fourth-order valence-electron chi connectivity index (χ4n) is 4.16. The van der Waals surface area contributed by atoms with Crippen LogP contribution in [0.4, 0.5) is 0 Å². The van der Waals surface area contributed by atoms with E-state index in [0.29, 0.717) is 16.7 Å². The zero-order valence-corrected chi connectivity index (χ0v) is 19.4. The van der Waals surface area contributed by atoms with E-state index in [1.54, 1.807) is 31.4 Å². The van der Waals surface area contributed by atoms with Gasteiger partial charge in [-0.05, 0) is 35.4 Å². The number of carbonyl (C=O) groups is 2. The van der Waals surface area contributed by atoms with E-state index in [0.717, 1.165) is 16.8 Å². The maximum absolute atomic E-state index is 13.3. The second-order valence-corrected chi connectivity index (χ2v) is 8.21. The molecule has 1 atom stereocenters. The third-order valence-electron chi connectivity index (χ3n) is 5.95. The smallest absolute Gasteiger partial charge is 0.339 e. The summed E-state index contributed by atoms with van der Waals surface area (Å²) >= 11 is 0. The van der Waals surface area contributed by atoms with Gasteiger partial charge in [0.05, 0.1) is 24.4 Å². The van der Waals surface area contributed by atoms with Crippen molar-refractivity contribution in [3.05, 3.63) is 118 Å². The number of carbonyl (C=O) groups excluding carboxylic acids is 2. The summed E-state index contributed by atoms with van der Waals surface area (Å²) in [7, 11) is 1.59. The van der Waals surface area contributed by atoms with Gasteiger partial charge in [-0.1, -0.05) is 60.7 Å². The number of ether oxygens (including phenoxy) is 2. The van der Waals surface area contributed by atoms with Gasteiger partial charge >= 0.3 is 5.97 Å². The third kappa shape index (κ3) is 4.56. The van der Waals surface area contributed by atoms with Crippen LogP contribution in [0.2, 0.25) is 0 Å². The van der Waals surface area contributed by atoms with E-state index in [1.807, 2.05) is 60.7 Å². The van der Waals surface area contributed by atoms with Crippen molar-refractivity contribution < 1.29 is 19.1 Å². The fraction of sp³-hybridized carbons (Fsp3) is 0.107. The highest BCUT2D eigenvalue weighted by atomic mass is 16.5. The predicted octanol–water partition coefficient (Wildman–Crippen LogP) is 3.82. The molecule has 5 rings (SSSR count). The topological polar surface area (TPSA) is 101 Å². The van der Waals surface area contributed by atoms with Crippen molar-refractivity contribution in [1.82, 2.24) is 15.4 Å². The van der Waals surface area contributed by atoms with E-state index in [-0.39, 0.29) is 5.56 Å². The number of aromatic nitrogens is 1. The van der Waals surface area contributed by atoms with E-state index < -0.39 is 30.1 Å². The zero-order valence-electron chi connectivity index (χ0n) is 19.4. The Morgan fingerprint density at radius 2 is 1.67 bits per heavy atom. The standard InChI is InChI=1S/C28H23N3O5/c1-35-20-13-11-19(12-14-20)25-16-24(18-7-3-2-4-8-18)30-31(25)27(33)17-36-28(34)22-15-26(32)29-23-10-6-5-9-21(22)23/h2-16,25,30H,17H2,1H3,(H,29,32)/t25-/m1/s1. The van der Waals surface area contributed by atoms with Crippen LogP contribution in [0.5, 0.6) is 5.75 Å². The van der Waals surface area contributed by atoms with Crippen LogP contribution in [0.3, 0.4) is 0 Å². The summed E-state index contributed by atoms with van der Waals surface area (Å²) in [5.74, 6) is -0.489. The fourth-order valence-corrected chi connectivity index (χ4v) is 4.16. The number of esters is 1. The Bertz CT molecular complexity index is 1510. The average molecular weight is 482 g/mol. The van der Waals surface area contributed by atoms with E-state index in [9.17, 15) is 14.4 Å². The molecule has 0 aliphatic carbocycles. The number of aromatic amines is 1. The van der Waals surface area contributed by atoms with Crippen molar-refractivity contribution in [3.63, 3.8) is 0 Å². The van der Waals surface area contributed by atoms with Gasteiger partial charge in [-0.2, -0.15) is 0 Å². The number of hydrogen-bond donors (Lipinski definition) is 2. The third-order valence-corrected chi connectivity index (χ3v) is 5.95. The molecular weight excluding hydrogens is 458 g/mol. The molecule has 1 aromatic heterocycles. The van der Waals surface area contributed by atoms with Crippen molar-refractivity contribution >= 4 is 28.5 Å². The number of amides is 1. The van der Waals surface area contributed by atoms with Crippen LogP contribution in [0.25, 0.3) is 16.6 Å². The molecule has 3 aromatic carbocycles. The minimum atomic E-state index is -0.748. The molecular formula is C28H23N3O5. The Balaban J connectivity index is 1.37. The lowest BCUT2D eigenvalue weighted by Crippen LogP contribution is -2.42. The highest BCUT2D eigenvalue weighted by molar-refractivity contribution is 6.03. The molecule has 0 unspecified atom stereocenters. The number of hydrogen-bond acceptors (Lipinski definition) is 6. The van der Waals surface area contributed by atoms with Crippen LogP contribution in [-0.2, 0) is 9.53 Å². The highest BCUT2D eigenvalue weighted by Gasteiger charge is 2.31. The maximum Gasteiger partial charge on any atom is 0.339 e. The lowest BCUT2D eigenvalue weighted by atomic mass is 10.0. The quantitative estimate of drug-likeness (QED) is 0.406. The minimum absolute atomic E-state index is 0.103. The van der Waals surface area contributed by atoms with Crippen LogP contribution < -0.4 is 15.7 Å². The van der Waals surface area contributed by atoms with E-state index in [2.05, 4.69) is 10.4 Å². The molecule has 2 heterocycles. The number of nitrogens with one attached hydrogen (secondary N) is 2. The molecule has 1 aliphatic rings. The summed E-state index contributed by atoms with van der Waals surface area (Å²) in [6, 6.07) is 24.7. The molecule has 180 valence electrons. The van der Waals surface area contributed by atoms with Crippen LogP contribution in [-0.4, -0.2) is 35.6 Å². The van der Waals surface area contributed by atoms with Gasteiger partial charge < -0.3 is 14.5 Å². The molecule has 4 aromatic rings. The number of hydrazine groups is 1. The zero-order chi connectivity index (χ0) is 25.1. The normalized spacial score (nSPS) is 14.8. The second-order valence-electron chi connectivity index (χ2n) is 8.21. The molecule has 0 fully saturated rings. The summed E-state index contributed by atoms with van der Waals surface area (Å²) in [5, 5.41) is 1.98. The number of nitrogens with zero attached hydrogens (tertiary/aromatic N) is 1. The van der Waals surface area contributed by atoms with Gasteiger partial charge in [0, 0.05) is 17.0 Å². The first-order valence-corrected chi connectivity index (χ1v) is 11.3.